The minimum absolute atomic E-state index is 0.341. The van der Waals surface area contributed by atoms with E-state index in [1.807, 2.05) is 0 Å². The van der Waals surface area contributed by atoms with E-state index in [9.17, 15) is 5.11 Å². The second-order valence-electron chi connectivity index (χ2n) is 6.42. The van der Waals surface area contributed by atoms with Crippen LogP contribution in [-0.2, 0) is 4.74 Å². The zero-order valence-corrected chi connectivity index (χ0v) is 11.7. The van der Waals surface area contributed by atoms with Crippen molar-refractivity contribution in [3.05, 3.63) is 0 Å². The minimum Gasteiger partial charge on any atom is -0.389 e. The summed E-state index contributed by atoms with van der Waals surface area (Å²) in [6.45, 7) is 5.43. The van der Waals surface area contributed by atoms with Crippen molar-refractivity contribution in [3.8, 4) is 0 Å². The smallest absolute Gasteiger partial charge is 0.0897 e. The highest BCUT2D eigenvalue weighted by Crippen LogP contribution is 2.29. The van der Waals surface area contributed by atoms with Gasteiger partial charge in [-0.1, -0.05) is 19.8 Å². The van der Waals surface area contributed by atoms with Crippen molar-refractivity contribution in [3.63, 3.8) is 0 Å². The lowest BCUT2D eigenvalue weighted by molar-refractivity contribution is 0.0319. The van der Waals surface area contributed by atoms with Crippen LogP contribution in [0.15, 0.2) is 0 Å². The van der Waals surface area contributed by atoms with Gasteiger partial charge in [0, 0.05) is 13.2 Å². The minimum atomic E-state index is -0.341. The summed E-state index contributed by atoms with van der Waals surface area (Å²) in [4.78, 5) is 0. The number of ether oxygens (including phenoxy) is 1. The van der Waals surface area contributed by atoms with Gasteiger partial charge in [0.05, 0.1) is 12.7 Å². The third-order valence-electron chi connectivity index (χ3n) is 4.31. The van der Waals surface area contributed by atoms with Gasteiger partial charge in [0.25, 0.3) is 0 Å². The molecule has 0 aromatic heterocycles. The van der Waals surface area contributed by atoms with E-state index in [4.69, 9.17) is 4.74 Å². The van der Waals surface area contributed by atoms with Crippen molar-refractivity contribution < 1.29 is 9.84 Å². The summed E-state index contributed by atoms with van der Waals surface area (Å²) < 4.78 is 5.49. The topological polar surface area (TPSA) is 41.5 Å². The maximum Gasteiger partial charge on any atom is 0.0897 e. The highest BCUT2D eigenvalue weighted by molar-refractivity contribution is 4.74. The van der Waals surface area contributed by atoms with Crippen LogP contribution in [0.25, 0.3) is 0 Å². The Kier molecular flexibility index (Phi) is 5.93. The average Bonchev–Trinajstić information content (AvgIpc) is 3.16. The standard InChI is InChI=1S/C15H29NO2/c1-12-2-4-13(5-3-12)8-16-9-15(17)11-18-10-14-6-7-14/h12-17H,2-11H2,1H3. The first-order chi connectivity index (χ1) is 8.74. The Labute approximate surface area is 111 Å². The van der Waals surface area contributed by atoms with E-state index in [0.29, 0.717) is 13.2 Å². The van der Waals surface area contributed by atoms with Gasteiger partial charge < -0.3 is 15.2 Å². The Morgan fingerprint density at radius 2 is 1.78 bits per heavy atom. The molecule has 0 amide bonds. The average molecular weight is 255 g/mol. The van der Waals surface area contributed by atoms with Gasteiger partial charge in [-0.3, -0.25) is 0 Å². The summed E-state index contributed by atoms with van der Waals surface area (Å²) in [7, 11) is 0. The predicted octanol–water partition coefficient (Wildman–Crippen LogP) is 2.19. The molecule has 0 aromatic rings. The van der Waals surface area contributed by atoms with Crippen LogP contribution in [0.3, 0.4) is 0 Å². The van der Waals surface area contributed by atoms with Crippen molar-refractivity contribution in [2.24, 2.45) is 17.8 Å². The molecule has 0 heterocycles. The van der Waals surface area contributed by atoms with Crippen molar-refractivity contribution in [2.45, 2.75) is 51.6 Å². The van der Waals surface area contributed by atoms with Gasteiger partial charge in [0.2, 0.25) is 0 Å². The fourth-order valence-electron chi connectivity index (χ4n) is 2.70. The molecule has 106 valence electrons. The lowest BCUT2D eigenvalue weighted by atomic mass is 9.83. The van der Waals surface area contributed by atoms with E-state index >= 15 is 0 Å². The van der Waals surface area contributed by atoms with Crippen LogP contribution >= 0.6 is 0 Å². The molecule has 3 nitrogen and oxygen atoms in total. The number of nitrogens with one attached hydrogen (secondary N) is 1. The molecule has 2 fully saturated rings. The van der Waals surface area contributed by atoms with E-state index in [1.165, 1.54) is 38.5 Å². The number of aliphatic hydroxyl groups excluding tert-OH is 1. The lowest BCUT2D eigenvalue weighted by Gasteiger charge is -2.26. The van der Waals surface area contributed by atoms with Gasteiger partial charge in [-0.25, -0.2) is 0 Å². The number of hydrogen-bond acceptors (Lipinski definition) is 3. The van der Waals surface area contributed by atoms with Crippen LogP contribution in [0.1, 0.15) is 45.4 Å². The summed E-state index contributed by atoms with van der Waals surface area (Å²) in [5.41, 5.74) is 0. The molecule has 2 saturated carbocycles. The molecule has 0 radical (unpaired) electrons. The summed E-state index contributed by atoms with van der Waals surface area (Å²) >= 11 is 0. The first kappa shape index (κ1) is 14.3. The summed E-state index contributed by atoms with van der Waals surface area (Å²) in [6.07, 6.45) is 7.73. The highest BCUT2D eigenvalue weighted by Gasteiger charge is 2.21. The largest absolute Gasteiger partial charge is 0.389 e. The maximum absolute atomic E-state index is 9.77. The summed E-state index contributed by atoms with van der Waals surface area (Å²) in [5.74, 6) is 2.53. The van der Waals surface area contributed by atoms with Crippen LogP contribution in [-0.4, -0.2) is 37.5 Å². The predicted molar refractivity (Wildman–Crippen MR) is 73.5 cm³/mol. The molecule has 2 aliphatic carbocycles. The van der Waals surface area contributed by atoms with Crippen LogP contribution in [0.5, 0.6) is 0 Å². The Hall–Kier alpha value is -0.120. The summed E-state index contributed by atoms with van der Waals surface area (Å²) in [5, 5.41) is 13.2. The van der Waals surface area contributed by atoms with Gasteiger partial charge >= 0.3 is 0 Å². The van der Waals surface area contributed by atoms with E-state index in [0.717, 1.165) is 30.9 Å². The first-order valence-corrected chi connectivity index (χ1v) is 7.70. The van der Waals surface area contributed by atoms with Crippen molar-refractivity contribution in [1.29, 1.82) is 0 Å². The summed E-state index contributed by atoms with van der Waals surface area (Å²) in [6, 6.07) is 0. The first-order valence-electron chi connectivity index (χ1n) is 7.70. The molecule has 0 aliphatic heterocycles. The molecular formula is C15H29NO2. The van der Waals surface area contributed by atoms with Crippen LogP contribution in [0.4, 0.5) is 0 Å². The fraction of sp³-hybridized carbons (Fsp3) is 1.00. The molecule has 0 bridgehead atoms. The molecule has 0 aromatic carbocycles. The maximum atomic E-state index is 9.77. The van der Waals surface area contributed by atoms with Crippen LogP contribution in [0, 0.1) is 17.8 Å². The molecule has 0 saturated heterocycles. The van der Waals surface area contributed by atoms with E-state index in [1.54, 1.807) is 0 Å². The third kappa shape index (κ3) is 5.68. The molecule has 2 aliphatic rings. The molecule has 18 heavy (non-hydrogen) atoms. The van der Waals surface area contributed by atoms with E-state index < -0.39 is 0 Å². The van der Waals surface area contributed by atoms with Gasteiger partial charge in [0.1, 0.15) is 0 Å². The number of rotatable bonds is 8. The van der Waals surface area contributed by atoms with Crippen molar-refractivity contribution in [2.75, 3.05) is 26.3 Å². The quantitative estimate of drug-likeness (QED) is 0.698. The Bertz CT molecular complexity index is 223. The van der Waals surface area contributed by atoms with Crippen molar-refractivity contribution in [1.82, 2.24) is 5.32 Å². The molecule has 0 spiro atoms. The Morgan fingerprint density at radius 1 is 1.11 bits per heavy atom. The van der Waals surface area contributed by atoms with Crippen LogP contribution in [0.2, 0.25) is 0 Å². The molecular weight excluding hydrogens is 226 g/mol. The molecule has 1 atom stereocenters. The van der Waals surface area contributed by atoms with E-state index in [2.05, 4.69) is 12.2 Å². The molecule has 2 N–H and O–H groups in total. The second kappa shape index (κ2) is 7.46. The van der Waals surface area contributed by atoms with Crippen LogP contribution < -0.4 is 5.32 Å². The SMILES string of the molecule is CC1CCC(CNCC(O)COCC2CC2)CC1. The zero-order valence-electron chi connectivity index (χ0n) is 11.7. The van der Waals surface area contributed by atoms with E-state index in [-0.39, 0.29) is 6.10 Å². The third-order valence-corrected chi connectivity index (χ3v) is 4.31. The van der Waals surface area contributed by atoms with Gasteiger partial charge in [-0.2, -0.15) is 0 Å². The molecule has 2 rings (SSSR count). The highest BCUT2D eigenvalue weighted by atomic mass is 16.5. The zero-order chi connectivity index (χ0) is 12.8. The molecule has 1 unspecified atom stereocenters. The normalized spacial score (nSPS) is 30.3. The monoisotopic (exact) mass is 255 g/mol. The second-order valence-corrected chi connectivity index (χ2v) is 6.42. The fourth-order valence-corrected chi connectivity index (χ4v) is 2.70. The lowest BCUT2D eigenvalue weighted by Crippen LogP contribution is -2.34. The number of hydrogen-bond donors (Lipinski definition) is 2. The van der Waals surface area contributed by atoms with Gasteiger partial charge in [0.15, 0.2) is 0 Å². The van der Waals surface area contributed by atoms with Crippen molar-refractivity contribution >= 4 is 0 Å². The van der Waals surface area contributed by atoms with Gasteiger partial charge in [-0.05, 0) is 50.0 Å². The Balaban J connectivity index is 1.43. The van der Waals surface area contributed by atoms with Gasteiger partial charge in [-0.15, -0.1) is 0 Å². The Morgan fingerprint density at radius 3 is 2.44 bits per heavy atom. The number of aliphatic hydroxyl groups is 1. The molecule has 3 heteroatoms.